The summed E-state index contributed by atoms with van der Waals surface area (Å²) >= 11 is 0. The lowest BCUT2D eigenvalue weighted by atomic mass is 9.92. The molecule has 1 saturated heterocycles. The molecular weight excluding hydrogens is 438 g/mol. The Morgan fingerprint density at radius 1 is 1.06 bits per heavy atom. The van der Waals surface area contributed by atoms with E-state index < -0.39 is 15.6 Å². The van der Waals surface area contributed by atoms with Gasteiger partial charge in [0, 0.05) is 18.3 Å². The molecule has 1 atom stereocenters. The van der Waals surface area contributed by atoms with Crippen molar-refractivity contribution >= 4 is 27.5 Å². The average molecular weight is 478 g/mol. The molecule has 3 rings (SSSR count). The first-order valence-corrected chi connectivity index (χ1v) is 14.0. The van der Waals surface area contributed by atoms with E-state index in [1.54, 1.807) is 13.8 Å². The van der Waals surface area contributed by atoms with Crippen LogP contribution in [0.4, 0.5) is 5.69 Å². The maximum absolute atomic E-state index is 13.7. The highest BCUT2D eigenvalue weighted by Crippen LogP contribution is 2.32. The van der Waals surface area contributed by atoms with E-state index in [9.17, 15) is 18.0 Å². The standard InChI is InChI=1S/C25H39N3O4S/c1-4-17-33(31,32)27-18-23(29)28(22-15-13-20(5-2)14-16-22)25(3,19-27)24(30)26-21-11-9-7-6-8-10-12-21/h13-16,21H,4-12,17-19H2,1-3H3,(H,26,30)/t25-/m0/s1. The van der Waals surface area contributed by atoms with E-state index in [1.807, 2.05) is 24.3 Å². The van der Waals surface area contributed by atoms with Crippen LogP contribution in [0, 0.1) is 0 Å². The number of amides is 2. The molecule has 1 saturated carbocycles. The number of nitrogens with one attached hydrogen (secondary N) is 1. The van der Waals surface area contributed by atoms with Crippen molar-refractivity contribution in [3.63, 3.8) is 0 Å². The predicted molar refractivity (Wildman–Crippen MR) is 132 cm³/mol. The van der Waals surface area contributed by atoms with E-state index in [0.717, 1.165) is 37.7 Å². The summed E-state index contributed by atoms with van der Waals surface area (Å²) < 4.78 is 26.9. The van der Waals surface area contributed by atoms with Crippen LogP contribution in [0.15, 0.2) is 24.3 Å². The number of rotatable bonds is 7. The highest BCUT2D eigenvalue weighted by molar-refractivity contribution is 7.89. The van der Waals surface area contributed by atoms with Crippen LogP contribution in [0.3, 0.4) is 0 Å². The normalized spacial score (nSPS) is 23.7. The van der Waals surface area contributed by atoms with E-state index >= 15 is 0 Å². The molecule has 0 unspecified atom stereocenters. The molecular formula is C25H39N3O4S. The molecule has 7 nitrogen and oxygen atoms in total. The number of nitrogens with zero attached hydrogens (tertiary/aromatic N) is 2. The second-order valence-electron chi connectivity index (χ2n) is 9.62. The summed E-state index contributed by atoms with van der Waals surface area (Å²) in [5.41, 5.74) is 0.433. The van der Waals surface area contributed by atoms with Crippen LogP contribution >= 0.6 is 0 Å². The number of benzene rings is 1. The molecule has 1 aliphatic carbocycles. The monoisotopic (exact) mass is 477 g/mol. The number of sulfonamides is 1. The Morgan fingerprint density at radius 3 is 2.24 bits per heavy atom. The van der Waals surface area contributed by atoms with Crippen molar-refractivity contribution in [1.29, 1.82) is 0 Å². The lowest BCUT2D eigenvalue weighted by molar-refractivity contribution is -0.133. The van der Waals surface area contributed by atoms with Gasteiger partial charge in [-0.2, -0.15) is 4.31 Å². The first-order chi connectivity index (χ1) is 15.7. The van der Waals surface area contributed by atoms with Crippen LogP contribution in [0.25, 0.3) is 0 Å². The smallest absolute Gasteiger partial charge is 0.247 e. The van der Waals surface area contributed by atoms with Gasteiger partial charge < -0.3 is 5.32 Å². The Labute approximate surface area is 199 Å². The number of hydrogen-bond donors (Lipinski definition) is 1. The third kappa shape index (κ3) is 5.96. The molecule has 0 aromatic heterocycles. The van der Waals surface area contributed by atoms with Crippen LogP contribution in [-0.4, -0.2) is 55.0 Å². The van der Waals surface area contributed by atoms with Gasteiger partial charge in [0.25, 0.3) is 0 Å². The van der Waals surface area contributed by atoms with Crippen molar-refractivity contribution in [3.8, 4) is 0 Å². The summed E-state index contributed by atoms with van der Waals surface area (Å²) in [6.45, 7) is 5.26. The van der Waals surface area contributed by atoms with Gasteiger partial charge in [0.15, 0.2) is 0 Å². The average Bonchev–Trinajstić information content (AvgIpc) is 2.75. The van der Waals surface area contributed by atoms with Crippen LogP contribution < -0.4 is 10.2 Å². The van der Waals surface area contributed by atoms with Crippen molar-refractivity contribution in [3.05, 3.63) is 29.8 Å². The Kier molecular flexibility index (Phi) is 8.56. The van der Waals surface area contributed by atoms with Gasteiger partial charge in [-0.25, -0.2) is 8.42 Å². The Bertz CT molecular complexity index is 923. The third-order valence-electron chi connectivity index (χ3n) is 6.93. The number of carbonyl (C=O) groups excluding carboxylic acids is 2. The number of aryl methyl sites for hydroxylation is 1. The van der Waals surface area contributed by atoms with Gasteiger partial charge >= 0.3 is 0 Å². The molecule has 0 bridgehead atoms. The topological polar surface area (TPSA) is 86.8 Å². The molecule has 2 amide bonds. The summed E-state index contributed by atoms with van der Waals surface area (Å²) in [5, 5.41) is 3.19. The van der Waals surface area contributed by atoms with Gasteiger partial charge in [0.05, 0.1) is 12.3 Å². The van der Waals surface area contributed by atoms with Gasteiger partial charge in [0.1, 0.15) is 5.54 Å². The fraction of sp³-hybridized carbons (Fsp3) is 0.680. The Morgan fingerprint density at radius 2 is 1.67 bits per heavy atom. The SMILES string of the molecule is CCCS(=O)(=O)N1CC(=O)N(c2ccc(CC)cc2)[C@](C)(C(=O)NC2CCCCCCC2)C1. The molecule has 2 aliphatic rings. The molecule has 1 N–H and O–H groups in total. The molecule has 8 heteroatoms. The van der Waals surface area contributed by atoms with Crippen molar-refractivity contribution in [2.45, 2.75) is 90.1 Å². The zero-order valence-corrected chi connectivity index (χ0v) is 21.1. The lowest BCUT2D eigenvalue weighted by Gasteiger charge is -2.47. The van der Waals surface area contributed by atoms with Gasteiger partial charge in [0.2, 0.25) is 21.8 Å². The second kappa shape index (κ2) is 11.0. The van der Waals surface area contributed by atoms with Crippen molar-refractivity contribution < 1.29 is 18.0 Å². The molecule has 1 aromatic rings. The number of hydrogen-bond acceptors (Lipinski definition) is 4. The minimum atomic E-state index is -3.63. The van der Waals surface area contributed by atoms with Gasteiger partial charge in [-0.1, -0.05) is 58.1 Å². The van der Waals surface area contributed by atoms with Crippen LogP contribution in [0.2, 0.25) is 0 Å². The Balaban J connectivity index is 1.94. The summed E-state index contributed by atoms with van der Waals surface area (Å²) in [6.07, 6.45) is 8.87. The molecule has 2 fully saturated rings. The van der Waals surface area contributed by atoms with Crippen LogP contribution in [-0.2, 0) is 26.0 Å². The van der Waals surface area contributed by atoms with Crippen molar-refractivity contribution in [2.75, 3.05) is 23.7 Å². The largest absolute Gasteiger partial charge is 0.351 e. The minimum Gasteiger partial charge on any atom is -0.351 e. The van der Waals surface area contributed by atoms with E-state index in [2.05, 4.69) is 12.2 Å². The van der Waals surface area contributed by atoms with E-state index in [0.29, 0.717) is 12.1 Å². The highest BCUT2D eigenvalue weighted by atomic mass is 32.2. The van der Waals surface area contributed by atoms with Gasteiger partial charge in [-0.15, -0.1) is 0 Å². The zero-order chi connectivity index (χ0) is 24.1. The quantitative estimate of drug-likeness (QED) is 0.650. The minimum absolute atomic E-state index is 0.0359. The Hall–Kier alpha value is -1.93. The van der Waals surface area contributed by atoms with Crippen LogP contribution in [0.1, 0.15) is 77.7 Å². The molecule has 184 valence electrons. The number of piperazine rings is 1. The second-order valence-corrected chi connectivity index (χ2v) is 11.7. The van der Waals surface area contributed by atoms with E-state index in [-0.39, 0.29) is 36.7 Å². The fourth-order valence-corrected chi connectivity index (χ4v) is 6.50. The fourth-order valence-electron chi connectivity index (χ4n) is 4.97. The predicted octanol–water partition coefficient (Wildman–Crippen LogP) is 3.63. The molecule has 1 aromatic carbocycles. The summed E-state index contributed by atoms with van der Waals surface area (Å²) in [5.74, 6) is -0.691. The van der Waals surface area contributed by atoms with Crippen LogP contribution in [0.5, 0.6) is 0 Å². The van der Waals surface area contributed by atoms with E-state index in [4.69, 9.17) is 0 Å². The molecule has 0 radical (unpaired) electrons. The first-order valence-electron chi connectivity index (χ1n) is 12.4. The molecule has 33 heavy (non-hydrogen) atoms. The molecule has 1 heterocycles. The van der Waals surface area contributed by atoms with E-state index in [1.165, 1.54) is 28.5 Å². The maximum atomic E-state index is 13.7. The van der Waals surface area contributed by atoms with Crippen molar-refractivity contribution in [1.82, 2.24) is 9.62 Å². The molecule has 1 aliphatic heterocycles. The number of carbonyl (C=O) groups is 2. The first kappa shape index (κ1) is 25.7. The van der Waals surface area contributed by atoms with Gasteiger partial charge in [-0.3, -0.25) is 14.5 Å². The van der Waals surface area contributed by atoms with Gasteiger partial charge in [-0.05, 0) is 50.3 Å². The summed E-state index contributed by atoms with van der Waals surface area (Å²) in [7, 11) is -3.63. The lowest BCUT2D eigenvalue weighted by Crippen LogP contribution is -2.71. The maximum Gasteiger partial charge on any atom is 0.247 e. The summed E-state index contributed by atoms with van der Waals surface area (Å²) in [4.78, 5) is 28.6. The third-order valence-corrected chi connectivity index (χ3v) is 8.90. The zero-order valence-electron chi connectivity index (χ0n) is 20.3. The van der Waals surface area contributed by atoms with Crippen molar-refractivity contribution in [2.24, 2.45) is 0 Å². The number of anilines is 1. The molecule has 0 spiro atoms. The summed E-state index contributed by atoms with van der Waals surface area (Å²) in [6, 6.07) is 7.67. The highest BCUT2D eigenvalue weighted by Gasteiger charge is 2.51.